The van der Waals surface area contributed by atoms with Gasteiger partial charge < -0.3 is 4.74 Å². The summed E-state index contributed by atoms with van der Waals surface area (Å²) in [5, 5.41) is 8.74. The van der Waals surface area contributed by atoms with Gasteiger partial charge in [0.05, 0.1) is 0 Å². The fourth-order valence-corrected chi connectivity index (χ4v) is 2.20. The zero-order chi connectivity index (χ0) is 11.4. The summed E-state index contributed by atoms with van der Waals surface area (Å²) in [7, 11) is 0. The molecule has 16 heavy (non-hydrogen) atoms. The van der Waals surface area contributed by atoms with Crippen LogP contribution in [0.4, 0.5) is 0 Å². The van der Waals surface area contributed by atoms with Crippen molar-refractivity contribution >= 4 is 0 Å². The molecule has 1 fully saturated rings. The Morgan fingerprint density at radius 3 is 3.06 bits per heavy atom. The van der Waals surface area contributed by atoms with Crippen molar-refractivity contribution in [3.63, 3.8) is 0 Å². The van der Waals surface area contributed by atoms with Crippen molar-refractivity contribution in [3.05, 3.63) is 23.9 Å². The Morgan fingerprint density at radius 2 is 2.31 bits per heavy atom. The van der Waals surface area contributed by atoms with Gasteiger partial charge in [-0.15, -0.1) is 0 Å². The summed E-state index contributed by atoms with van der Waals surface area (Å²) < 4.78 is 5.81. The van der Waals surface area contributed by atoms with Crippen LogP contribution in [0.25, 0.3) is 0 Å². The Morgan fingerprint density at radius 1 is 1.44 bits per heavy atom. The zero-order valence-electron chi connectivity index (χ0n) is 9.52. The molecule has 3 heteroatoms. The van der Waals surface area contributed by atoms with Crippen LogP contribution in [0.5, 0.6) is 5.88 Å². The van der Waals surface area contributed by atoms with E-state index in [-0.39, 0.29) is 6.10 Å². The molecule has 0 aromatic carbocycles. The van der Waals surface area contributed by atoms with E-state index in [9.17, 15) is 0 Å². The molecule has 84 valence electrons. The first-order valence-electron chi connectivity index (χ1n) is 5.82. The molecule has 1 aromatic heterocycles. The van der Waals surface area contributed by atoms with Crippen LogP contribution in [-0.4, -0.2) is 11.1 Å². The number of ether oxygens (including phenoxy) is 1. The fraction of sp³-hybridized carbons (Fsp3) is 0.538. The lowest BCUT2D eigenvalue weighted by atomic mass is 9.89. The predicted molar refractivity (Wildman–Crippen MR) is 61.0 cm³/mol. The summed E-state index contributed by atoms with van der Waals surface area (Å²) >= 11 is 0. The van der Waals surface area contributed by atoms with E-state index in [0.29, 0.717) is 11.6 Å². The Kier molecular flexibility index (Phi) is 3.40. The van der Waals surface area contributed by atoms with E-state index in [2.05, 4.69) is 11.9 Å². The molecule has 2 unspecified atom stereocenters. The highest BCUT2D eigenvalue weighted by Crippen LogP contribution is 2.26. The predicted octanol–water partition coefficient (Wildman–Crippen LogP) is 2.91. The largest absolute Gasteiger partial charge is 0.474 e. The number of nitrogens with zero attached hydrogens (tertiary/aromatic N) is 2. The van der Waals surface area contributed by atoms with Crippen LogP contribution in [0.3, 0.4) is 0 Å². The van der Waals surface area contributed by atoms with Crippen molar-refractivity contribution < 1.29 is 4.74 Å². The molecule has 0 radical (unpaired) electrons. The minimum atomic E-state index is 0.269. The fourth-order valence-electron chi connectivity index (χ4n) is 2.20. The highest BCUT2D eigenvalue weighted by atomic mass is 16.5. The summed E-state index contributed by atoms with van der Waals surface area (Å²) in [5.74, 6) is 1.32. The third kappa shape index (κ3) is 2.73. The quantitative estimate of drug-likeness (QED) is 0.763. The third-order valence-electron chi connectivity index (χ3n) is 3.01. The van der Waals surface area contributed by atoms with Gasteiger partial charge >= 0.3 is 0 Å². The number of rotatable bonds is 2. The molecule has 2 rings (SSSR count). The topological polar surface area (TPSA) is 45.9 Å². The number of pyridine rings is 1. The second-order valence-electron chi connectivity index (χ2n) is 4.48. The maximum Gasteiger partial charge on any atom is 0.214 e. The molecule has 1 aromatic rings. The summed E-state index contributed by atoms with van der Waals surface area (Å²) in [6.45, 7) is 2.26. The maximum atomic E-state index is 8.74. The molecule has 1 saturated carbocycles. The van der Waals surface area contributed by atoms with Gasteiger partial charge in [-0.2, -0.15) is 5.26 Å². The SMILES string of the molecule is CC1CCCC(Oc2cccc(C#N)n2)C1. The normalized spacial score (nSPS) is 24.8. The van der Waals surface area contributed by atoms with Crippen LogP contribution in [0.1, 0.15) is 38.3 Å². The lowest BCUT2D eigenvalue weighted by molar-refractivity contribution is 0.124. The first-order chi connectivity index (χ1) is 7.78. The standard InChI is InChI=1S/C13H16N2O/c1-10-4-2-6-12(8-10)16-13-7-3-5-11(9-14)15-13/h3,5,7,10,12H,2,4,6,8H2,1H3. The number of hydrogen-bond acceptors (Lipinski definition) is 3. The van der Waals surface area contributed by atoms with E-state index >= 15 is 0 Å². The van der Waals surface area contributed by atoms with Crippen molar-refractivity contribution in [2.45, 2.75) is 38.7 Å². The molecule has 0 N–H and O–H groups in total. The van der Waals surface area contributed by atoms with Gasteiger partial charge in [0.2, 0.25) is 5.88 Å². The summed E-state index contributed by atoms with van der Waals surface area (Å²) in [6.07, 6.45) is 4.99. The van der Waals surface area contributed by atoms with E-state index in [1.165, 1.54) is 12.8 Å². The average Bonchev–Trinajstić information content (AvgIpc) is 2.29. The van der Waals surface area contributed by atoms with Crippen molar-refractivity contribution in [1.29, 1.82) is 5.26 Å². The van der Waals surface area contributed by atoms with Gasteiger partial charge in [0.1, 0.15) is 17.9 Å². The maximum absolute atomic E-state index is 8.74. The van der Waals surface area contributed by atoms with Crippen molar-refractivity contribution in [2.75, 3.05) is 0 Å². The smallest absolute Gasteiger partial charge is 0.214 e. The molecule has 1 aliphatic carbocycles. The summed E-state index contributed by atoms with van der Waals surface area (Å²) in [4.78, 5) is 4.13. The van der Waals surface area contributed by atoms with Crippen molar-refractivity contribution in [1.82, 2.24) is 4.98 Å². The average molecular weight is 216 g/mol. The number of hydrogen-bond donors (Lipinski definition) is 0. The van der Waals surface area contributed by atoms with Gasteiger partial charge in [-0.3, -0.25) is 0 Å². The van der Waals surface area contributed by atoms with Gasteiger partial charge in [-0.05, 0) is 31.2 Å². The molecule has 1 aliphatic rings. The monoisotopic (exact) mass is 216 g/mol. The van der Waals surface area contributed by atoms with E-state index in [4.69, 9.17) is 10.00 Å². The molecule has 0 bridgehead atoms. The first kappa shape index (κ1) is 10.9. The van der Waals surface area contributed by atoms with E-state index in [0.717, 1.165) is 18.8 Å². The van der Waals surface area contributed by atoms with Crippen LogP contribution in [-0.2, 0) is 0 Å². The highest BCUT2D eigenvalue weighted by molar-refractivity contribution is 5.24. The Bertz CT molecular complexity index is 397. The zero-order valence-corrected chi connectivity index (χ0v) is 9.52. The molecule has 0 saturated heterocycles. The van der Waals surface area contributed by atoms with E-state index in [1.54, 1.807) is 6.07 Å². The summed E-state index contributed by atoms with van der Waals surface area (Å²) in [6, 6.07) is 7.35. The highest BCUT2D eigenvalue weighted by Gasteiger charge is 2.20. The van der Waals surface area contributed by atoms with Gasteiger partial charge in [0, 0.05) is 6.07 Å². The number of aromatic nitrogens is 1. The Hall–Kier alpha value is -1.56. The second kappa shape index (κ2) is 4.98. The van der Waals surface area contributed by atoms with E-state index < -0.39 is 0 Å². The third-order valence-corrected chi connectivity index (χ3v) is 3.01. The minimum absolute atomic E-state index is 0.269. The second-order valence-corrected chi connectivity index (χ2v) is 4.48. The summed E-state index contributed by atoms with van der Waals surface area (Å²) in [5.41, 5.74) is 0.418. The molecule has 0 aliphatic heterocycles. The molecule has 3 nitrogen and oxygen atoms in total. The Balaban J connectivity index is 2.00. The molecular weight excluding hydrogens is 200 g/mol. The van der Waals surface area contributed by atoms with E-state index in [1.807, 2.05) is 18.2 Å². The minimum Gasteiger partial charge on any atom is -0.474 e. The lowest BCUT2D eigenvalue weighted by Gasteiger charge is -2.26. The van der Waals surface area contributed by atoms with Gasteiger partial charge in [0.15, 0.2) is 0 Å². The Labute approximate surface area is 96.1 Å². The molecule has 0 amide bonds. The van der Waals surface area contributed by atoms with Gasteiger partial charge in [-0.1, -0.05) is 19.4 Å². The van der Waals surface area contributed by atoms with Crippen LogP contribution >= 0.6 is 0 Å². The van der Waals surface area contributed by atoms with Gasteiger partial charge in [0.25, 0.3) is 0 Å². The van der Waals surface area contributed by atoms with Crippen LogP contribution in [0, 0.1) is 17.2 Å². The molecular formula is C13H16N2O. The number of nitriles is 1. The molecule has 1 heterocycles. The molecule has 2 atom stereocenters. The van der Waals surface area contributed by atoms with Crippen molar-refractivity contribution in [2.24, 2.45) is 5.92 Å². The van der Waals surface area contributed by atoms with Gasteiger partial charge in [-0.25, -0.2) is 4.98 Å². The van der Waals surface area contributed by atoms with Crippen LogP contribution in [0.2, 0.25) is 0 Å². The van der Waals surface area contributed by atoms with Crippen molar-refractivity contribution in [3.8, 4) is 11.9 Å². The van der Waals surface area contributed by atoms with Crippen LogP contribution in [0.15, 0.2) is 18.2 Å². The lowest BCUT2D eigenvalue weighted by Crippen LogP contribution is -2.24. The molecule has 0 spiro atoms. The van der Waals surface area contributed by atoms with Crippen LogP contribution < -0.4 is 4.74 Å². The first-order valence-corrected chi connectivity index (χ1v) is 5.82.